The van der Waals surface area contributed by atoms with Crippen LogP contribution in [0, 0.1) is 11.7 Å². The average molecular weight is 381 g/mol. The summed E-state index contributed by atoms with van der Waals surface area (Å²) in [7, 11) is 0. The maximum Gasteiger partial charge on any atom is 0.233 e. The van der Waals surface area contributed by atoms with Crippen molar-refractivity contribution >= 4 is 18.3 Å². The number of nitrogens with one attached hydrogen (secondary N) is 1. The number of hydrogen-bond acceptors (Lipinski definition) is 2. The van der Waals surface area contributed by atoms with E-state index in [0.717, 1.165) is 69.6 Å². The minimum atomic E-state index is -0.415. The first-order valence-electron chi connectivity index (χ1n) is 9.96. The Morgan fingerprint density at radius 1 is 1.08 bits per heavy atom. The van der Waals surface area contributed by atoms with Crippen LogP contribution in [0.3, 0.4) is 0 Å². The van der Waals surface area contributed by atoms with E-state index in [2.05, 4.69) is 10.2 Å². The van der Waals surface area contributed by atoms with E-state index in [1.807, 2.05) is 12.1 Å². The van der Waals surface area contributed by atoms with Crippen molar-refractivity contribution in [3.05, 3.63) is 35.6 Å². The van der Waals surface area contributed by atoms with Crippen molar-refractivity contribution in [3.63, 3.8) is 0 Å². The topological polar surface area (TPSA) is 32.3 Å². The molecule has 144 valence electrons. The van der Waals surface area contributed by atoms with Crippen LogP contribution in [0.1, 0.15) is 56.9 Å². The third kappa shape index (κ3) is 4.07. The Hall–Kier alpha value is -1.13. The summed E-state index contributed by atoms with van der Waals surface area (Å²) in [5, 5.41) is 3.68. The van der Waals surface area contributed by atoms with E-state index in [9.17, 15) is 9.18 Å². The standard InChI is InChI=1S/C21H29FN2O.ClH/c22-18-7-5-17(6-8-18)21(11-1-2-12-21)20(25)24-13-9-19(10-14-24)23-15-16-3-4-16;/h5-8,16,19,23H,1-4,9-15H2;1H. The zero-order valence-corrected chi connectivity index (χ0v) is 16.2. The first-order valence-corrected chi connectivity index (χ1v) is 9.96. The van der Waals surface area contributed by atoms with Gasteiger partial charge in [-0.15, -0.1) is 12.4 Å². The van der Waals surface area contributed by atoms with Crippen molar-refractivity contribution in [2.24, 2.45) is 5.92 Å². The van der Waals surface area contributed by atoms with Gasteiger partial charge in [0.1, 0.15) is 5.82 Å². The molecule has 1 N–H and O–H groups in total. The average Bonchev–Trinajstić information content (AvgIpc) is 3.35. The lowest BCUT2D eigenvalue weighted by molar-refractivity contribution is -0.138. The lowest BCUT2D eigenvalue weighted by Gasteiger charge is -2.39. The van der Waals surface area contributed by atoms with Crippen LogP contribution in [0.5, 0.6) is 0 Å². The highest BCUT2D eigenvalue weighted by Gasteiger charge is 2.45. The predicted octanol–water partition coefficient (Wildman–Crippen LogP) is 4.05. The van der Waals surface area contributed by atoms with Gasteiger partial charge in [-0.25, -0.2) is 4.39 Å². The van der Waals surface area contributed by atoms with Crippen LogP contribution in [0.15, 0.2) is 24.3 Å². The van der Waals surface area contributed by atoms with Gasteiger partial charge in [-0.2, -0.15) is 0 Å². The highest BCUT2D eigenvalue weighted by Crippen LogP contribution is 2.43. The van der Waals surface area contributed by atoms with Crippen LogP contribution in [0.4, 0.5) is 4.39 Å². The number of amides is 1. The molecule has 2 aliphatic carbocycles. The molecule has 5 heteroatoms. The van der Waals surface area contributed by atoms with Gasteiger partial charge >= 0.3 is 0 Å². The Kier molecular flexibility index (Phi) is 6.24. The summed E-state index contributed by atoms with van der Waals surface area (Å²) in [6.07, 6.45) is 8.84. The summed E-state index contributed by atoms with van der Waals surface area (Å²) in [5.74, 6) is 0.948. The van der Waals surface area contributed by atoms with Crippen LogP contribution < -0.4 is 5.32 Å². The quantitative estimate of drug-likeness (QED) is 0.835. The van der Waals surface area contributed by atoms with E-state index >= 15 is 0 Å². The largest absolute Gasteiger partial charge is 0.342 e. The molecule has 0 radical (unpaired) electrons. The minimum absolute atomic E-state index is 0. The number of piperidine rings is 1. The molecular formula is C21H30ClFN2O. The molecule has 1 amide bonds. The van der Waals surface area contributed by atoms with Crippen molar-refractivity contribution in [1.29, 1.82) is 0 Å². The molecule has 1 aromatic rings. The monoisotopic (exact) mass is 380 g/mol. The summed E-state index contributed by atoms with van der Waals surface area (Å²) >= 11 is 0. The molecule has 0 aromatic heterocycles. The van der Waals surface area contributed by atoms with Gasteiger partial charge < -0.3 is 10.2 Å². The number of carbonyl (C=O) groups excluding carboxylic acids is 1. The van der Waals surface area contributed by atoms with E-state index in [0.29, 0.717) is 6.04 Å². The molecule has 1 aromatic carbocycles. The Morgan fingerprint density at radius 2 is 1.69 bits per heavy atom. The van der Waals surface area contributed by atoms with Gasteiger partial charge in [0, 0.05) is 19.1 Å². The predicted molar refractivity (Wildman–Crippen MR) is 104 cm³/mol. The molecule has 3 fully saturated rings. The molecule has 1 saturated heterocycles. The normalized spacial score (nSPS) is 22.9. The van der Waals surface area contributed by atoms with E-state index < -0.39 is 5.41 Å². The van der Waals surface area contributed by atoms with E-state index in [1.165, 1.54) is 25.0 Å². The third-order valence-corrected chi connectivity index (χ3v) is 6.44. The summed E-state index contributed by atoms with van der Waals surface area (Å²) in [6, 6.07) is 7.20. The lowest BCUT2D eigenvalue weighted by atomic mass is 9.77. The maximum atomic E-state index is 13.4. The third-order valence-electron chi connectivity index (χ3n) is 6.44. The fourth-order valence-electron chi connectivity index (χ4n) is 4.62. The number of carbonyl (C=O) groups is 1. The Morgan fingerprint density at radius 3 is 2.27 bits per heavy atom. The van der Waals surface area contributed by atoms with Gasteiger partial charge in [0.05, 0.1) is 5.41 Å². The minimum Gasteiger partial charge on any atom is -0.342 e. The van der Waals surface area contributed by atoms with Crippen LogP contribution >= 0.6 is 12.4 Å². The van der Waals surface area contributed by atoms with Crippen molar-refractivity contribution < 1.29 is 9.18 Å². The van der Waals surface area contributed by atoms with Gasteiger partial charge in [-0.1, -0.05) is 25.0 Å². The van der Waals surface area contributed by atoms with Gasteiger partial charge in [0.15, 0.2) is 0 Å². The highest BCUT2D eigenvalue weighted by molar-refractivity contribution is 5.88. The van der Waals surface area contributed by atoms with Crippen LogP contribution in [-0.4, -0.2) is 36.5 Å². The van der Waals surface area contributed by atoms with Gasteiger partial charge in [-0.05, 0) is 68.7 Å². The number of rotatable bonds is 5. The first-order chi connectivity index (χ1) is 12.2. The molecule has 2 saturated carbocycles. The summed E-state index contributed by atoms with van der Waals surface area (Å²) in [4.78, 5) is 15.5. The molecule has 0 spiro atoms. The Labute approximate surface area is 162 Å². The molecule has 0 atom stereocenters. The number of halogens is 2. The second-order valence-electron chi connectivity index (χ2n) is 8.21. The summed E-state index contributed by atoms with van der Waals surface area (Å²) in [6.45, 7) is 2.85. The van der Waals surface area contributed by atoms with Crippen LogP contribution in [0.2, 0.25) is 0 Å². The van der Waals surface area contributed by atoms with E-state index in [-0.39, 0.29) is 24.1 Å². The van der Waals surface area contributed by atoms with Crippen molar-refractivity contribution in [2.75, 3.05) is 19.6 Å². The maximum absolute atomic E-state index is 13.4. The van der Waals surface area contributed by atoms with Gasteiger partial charge in [0.2, 0.25) is 5.91 Å². The zero-order valence-electron chi connectivity index (χ0n) is 15.4. The number of likely N-dealkylation sites (tertiary alicyclic amines) is 1. The van der Waals surface area contributed by atoms with Crippen LogP contribution in [0.25, 0.3) is 0 Å². The highest BCUT2D eigenvalue weighted by atomic mass is 35.5. The number of hydrogen-bond donors (Lipinski definition) is 1. The van der Waals surface area contributed by atoms with Crippen molar-refractivity contribution in [2.45, 2.75) is 62.8 Å². The second-order valence-corrected chi connectivity index (χ2v) is 8.21. The van der Waals surface area contributed by atoms with Crippen LogP contribution in [-0.2, 0) is 10.2 Å². The first kappa shape index (κ1) is 19.6. The number of nitrogens with zero attached hydrogens (tertiary/aromatic N) is 1. The molecular weight excluding hydrogens is 351 g/mol. The molecule has 26 heavy (non-hydrogen) atoms. The summed E-state index contributed by atoms with van der Waals surface area (Å²) < 4.78 is 13.3. The zero-order chi connectivity index (χ0) is 17.3. The Balaban J connectivity index is 0.00000196. The van der Waals surface area contributed by atoms with Gasteiger partial charge in [0.25, 0.3) is 0 Å². The van der Waals surface area contributed by atoms with Crippen molar-refractivity contribution in [1.82, 2.24) is 10.2 Å². The molecule has 0 unspecified atom stereocenters. The molecule has 1 heterocycles. The number of benzene rings is 1. The second kappa shape index (κ2) is 8.26. The lowest BCUT2D eigenvalue weighted by Crippen LogP contribution is -2.51. The summed E-state index contributed by atoms with van der Waals surface area (Å²) in [5.41, 5.74) is 0.590. The molecule has 1 aliphatic heterocycles. The molecule has 4 rings (SSSR count). The van der Waals surface area contributed by atoms with E-state index in [4.69, 9.17) is 0 Å². The molecule has 3 aliphatic rings. The van der Waals surface area contributed by atoms with E-state index in [1.54, 1.807) is 0 Å². The smallest absolute Gasteiger partial charge is 0.233 e. The van der Waals surface area contributed by atoms with Gasteiger partial charge in [-0.3, -0.25) is 4.79 Å². The fraction of sp³-hybridized carbons (Fsp3) is 0.667. The fourth-order valence-corrected chi connectivity index (χ4v) is 4.62. The van der Waals surface area contributed by atoms with Crippen molar-refractivity contribution in [3.8, 4) is 0 Å². The Bertz CT molecular complexity index is 603. The molecule has 3 nitrogen and oxygen atoms in total. The molecule has 0 bridgehead atoms. The SMILES string of the molecule is Cl.O=C(N1CCC(NCC2CC2)CC1)C1(c2ccc(F)cc2)CCCC1.